The highest BCUT2D eigenvalue weighted by Crippen LogP contribution is 2.66. The number of nitrogens with zero attached hydrogens (tertiary/aromatic N) is 2. The lowest BCUT2D eigenvalue weighted by Gasteiger charge is -2.51. The Morgan fingerprint density at radius 2 is 1.44 bits per heavy atom. The lowest BCUT2D eigenvalue weighted by molar-refractivity contribution is -0.145. The summed E-state index contributed by atoms with van der Waals surface area (Å²) in [6.45, 7) is 4.97. The van der Waals surface area contributed by atoms with Crippen molar-refractivity contribution >= 4 is 64.1 Å². The van der Waals surface area contributed by atoms with E-state index in [1.54, 1.807) is 26.8 Å². The minimum Gasteiger partial charge on any atom is -0.508 e. The largest absolute Gasteiger partial charge is 0.508 e. The molecular weight excluding hydrogens is 670 g/mol. The molecule has 4 amide bonds. The van der Waals surface area contributed by atoms with Crippen LogP contribution >= 0.6 is 34.8 Å². The van der Waals surface area contributed by atoms with Crippen LogP contribution in [0.2, 0.25) is 5.02 Å². The first-order valence-corrected chi connectivity index (χ1v) is 14.8. The fourth-order valence-corrected chi connectivity index (χ4v) is 8.53. The van der Waals surface area contributed by atoms with Gasteiger partial charge in [0.25, 0.3) is 11.8 Å². The van der Waals surface area contributed by atoms with Gasteiger partial charge in [-0.2, -0.15) is 0 Å². The molecule has 7 nitrogen and oxygen atoms in total. The van der Waals surface area contributed by atoms with Crippen LogP contribution in [0.25, 0.3) is 0 Å². The molecule has 2 aromatic rings. The monoisotopic (exact) mass is 690 g/mol. The van der Waals surface area contributed by atoms with Gasteiger partial charge in [-0.3, -0.25) is 24.1 Å². The Kier molecular flexibility index (Phi) is 6.98. The van der Waals surface area contributed by atoms with Crippen molar-refractivity contribution < 1.29 is 46.2 Å². The third kappa shape index (κ3) is 3.94. The molecule has 238 valence electrons. The molecule has 0 unspecified atom stereocenters. The number of phenolic OH excluding ortho intramolecular Hbond substituents is 1. The first-order chi connectivity index (χ1) is 20.8. The van der Waals surface area contributed by atoms with Crippen LogP contribution in [0, 0.1) is 46.8 Å². The van der Waals surface area contributed by atoms with E-state index in [4.69, 9.17) is 34.8 Å². The summed E-state index contributed by atoms with van der Waals surface area (Å²) >= 11 is 20.6. The maximum atomic E-state index is 15.1. The number of carbonyl (C=O) groups excluding carboxylic acids is 4. The zero-order chi connectivity index (χ0) is 33.3. The zero-order valence-electron chi connectivity index (χ0n) is 23.5. The van der Waals surface area contributed by atoms with Crippen LogP contribution in [0.5, 0.6) is 5.75 Å². The number of halogens is 8. The summed E-state index contributed by atoms with van der Waals surface area (Å²) in [4.78, 5) is 51.2. The average Bonchev–Trinajstić information content (AvgIpc) is 3.30. The van der Waals surface area contributed by atoms with Gasteiger partial charge in [0.2, 0.25) is 17.6 Å². The van der Waals surface area contributed by atoms with Gasteiger partial charge in [0.05, 0.1) is 11.8 Å². The lowest BCUT2D eigenvalue weighted by Crippen LogP contribution is -2.60. The molecule has 1 N–H and O–H groups in total. The Labute approximate surface area is 267 Å². The summed E-state index contributed by atoms with van der Waals surface area (Å²) in [5.41, 5.74) is -2.54. The summed E-state index contributed by atoms with van der Waals surface area (Å²) < 4.78 is 72.7. The molecule has 0 aromatic heterocycles. The number of allylic oxidation sites excluding steroid dienone is 2. The topological polar surface area (TPSA) is 95.0 Å². The number of rotatable bonds is 2. The highest BCUT2D eigenvalue weighted by atomic mass is 35.5. The van der Waals surface area contributed by atoms with E-state index in [1.807, 2.05) is 0 Å². The first-order valence-electron chi connectivity index (χ1n) is 13.6. The van der Waals surface area contributed by atoms with Crippen LogP contribution in [0.15, 0.2) is 29.8 Å². The summed E-state index contributed by atoms with van der Waals surface area (Å²) in [7, 11) is 0. The van der Waals surface area contributed by atoms with E-state index in [0.717, 1.165) is 11.0 Å². The summed E-state index contributed by atoms with van der Waals surface area (Å²) in [5, 5.41) is 9.85. The molecule has 2 heterocycles. The van der Waals surface area contributed by atoms with E-state index in [0.29, 0.717) is 0 Å². The SMILES string of the molecule is CC(C)(C)N1C(=O)[C@H]2[C@H](CC=C3[C@H]2C[C@@]2(Cl)C(=O)N(c4c(F)c(F)c(F)c(F)c4F)C(=O)[C@@]2(Cl)[C@H]3c2ccc(O)cc2Cl)C1=O. The molecule has 2 aliphatic carbocycles. The molecule has 2 aromatic carbocycles. The number of alkyl halides is 2. The molecule has 15 heteroatoms. The molecule has 2 saturated heterocycles. The molecule has 4 aliphatic rings. The van der Waals surface area contributed by atoms with E-state index in [1.165, 1.54) is 12.1 Å². The van der Waals surface area contributed by atoms with Gasteiger partial charge in [0, 0.05) is 16.5 Å². The standard InChI is InChI=1S/C30H22Cl3F5N2O5/c1-28(2,3)40-24(42)13-7-6-11-14(16(13)25(40)43)9-29(32)26(44)39(23-21(37)19(35)18(34)20(36)22(23)38)27(45)30(29,33)17(11)12-5-4-10(41)8-15(12)31/h4-6,8,13-14,16-17,41H,7,9H2,1-3H3/t13-,14+,16-,17+,29+,30-/m0/s1. The van der Waals surface area contributed by atoms with Gasteiger partial charge >= 0.3 is 0 Å². The second-order valence-electron chi connectivity index (χ2n) is 12.6. The number of amides is 4. The molecule has 45 heavy (non-hydrogen) atoms. The average molecular weight is 692 g/mol. The van der Waals surface area contributed by atoms with Gasteiger partial charge in [0.1, 0.15) is 11.4 Å². The number of hydrogen-bond acceptors (Lipinski definition) is 5. The smallest absolute Gasteiger partial charge is 0.258 e. The predicted molar refractivity (Wildman–Crippen MR) is 151 cm³/mol. The Hall–Kier alpha value is -3.22. The molecular formula is C30H22Cl3F5N2O5. The second kappa shape index (κ2) is 9.89. The van der Waals surface area contributed by atoms with Crippen molar-refractivity contribution in [1.29, 1.82) is 0 Å². The highest BCUT2D eigenvalue weighted by Gasteiger charge is 2.77. The minimum atomic E-state index is -2.70. The highest BCUT2D eigenvalue weighted by molar-refractivity contribution is 6.58. The Bertz CT molecular complexity index is 1770. The third-order valence-electron chi connectivity index (χ3n) is 9.19. The number of fused-ring (bicyclic) bond motifs is 4. The summed E-state index contributed by atoms with van der Waals surface area (Å²) in [6.07, 6.45) is 0.951. The minimum absolute atomic E-state index is 0.00556. The third-order valence-corrected chi connectivity index (χ3v) is 10.9. The Balaban J connectivity index is 1.61. The van der Waals surface area contributed by atoms with Gasteiger partial charge < -0.3 is 5.11 Å². The fourth-order valence-electron chi connectivity index (χ4n) is 7.32. The summed E-state index contributed by atoms with van der Waals surface area (Å²) in [5.74, 6) is -21.4. The predicted octanol–water partition coefficient (Wildman–Crippen LogP) is 6.10. The quantitative estimate of drug-likeness (QED) is 0.103. The van der Waals surface area contributed by atoms with Crippen molar-refractivity contribution in [1.82, 2.24) is 4.90 Å². The van der Waals surface area contributed by atoms with Crippen molar-refractivity contribution in [3.63, 3.8) is 0 Å². The maximum absolute atomic E-state index is 15.1. The zero-order valence-corrected chi connectivity index (χ0v) is 25.8. The van der Waals surface area contributed by atoms with E-state index < -0.39 is 104 Å². The fraction of sp³-hybridized carbons (Fsp3) is 0.400. The number of imide groups is 2. The number of hydrogen-bond donors (Lipinski definition) is 1. The van der Waals surface area contributed by atoms with Gasteiger partial charge in [-0.05, 0) is 57.2 Å². The molecule has 0 spiro atoms. The van der Waals surface area contributed by atoms with Crippen LogP contribution in [0.3, 0.4) is 0 Å². The van der Waals surface area contributed by atoms with Crippen LogP contribution in [0.1, 0.15) is 45.1 Å². The molecule has 6 rings (SSSR count). The van der Waals surface area contributed by atoms with Crippen LogP contribution in [0.4, 0.5) is 27.6 Å². The molecule has 6 atom stereocenters. The van der Waals surface area contributed by atoms with Crippen LogP contribution < -0.4 is 4.90 Å². The van der Waals surface area contributed by atoms with Crippen molar-refractivity contribution in [2.45, 2.75) is 54.8 Å². The molecule has 0 bridgehead atoms. The van der Waals surface area contributed by atoms with Crippen LogP contribution in [-0.2, 0) is 19.2 Å². The van der Waals surface area contributed by atoms with Crippen molar-refractivity contribution in [2.24, 2.45) is 17.8 Å². The van der Waals surface area contributed by atoms with Crippen molar-refractivity contribution in [3.8, 4) is 5.75 Å². The van der Waals surface area contributed by atoms with Gasteiger partial charge in [0.15, 0.2) is 33.0 Å². The maximum Gasteiger partial charge on any atom is 0.258 e. The van der Waals surface area contributed by atoms with Crippen molar-refractivity contribution in [2.75, 3.05) is 4.90 Å². The van der Waals surface area contributed by atoms with Gasteiger partial charge in [-0.25, -0.2) is 26.9 Å². The number of aromatic hydroxyl groups is 1. The first kappa shape index (κ1) is 31.7. The van der Waals surface area contributed by atoms with E-state index in [9.17, 15) is 37.5 Å². The molecule has 0 radical (unpaired) electrons. The number of phenols is 1. The Morgan fingerprint density at radius 3 is 2.00 bits per heavy atom. The lowest BCUT2D eigenvalue weighted by atomic mass is 9.56. The second-order valence-corrected chi connectivity index (χ2v) is 14.2. The molecule has 2 aliphatic heterocycles. The van der Waals surface area contributed by atoms with E-state index in [-0.39, 0.29) is 33.2 Å². The number of anilines is 1. The number of benzene rings is 2. The van der Waals surface area contributed by atoms with E-state index in [2.05, 4.69) is 0 Å². The summed E-state index contributed by atoms with van der Waals surface area (Å²) in [6, 6.07) is 3.54. The van der Waals surface area contributed by atoms with E-state index >= 15 is 8.78 Å². The van der Waals surface area contributed by atoms with Gasteiger partial charge in [-0.15, -0.1) is 23.2 Å². The normalized spacial score (nSPS) is 31.3. The van der Waals surface area contributed by atoms with Gasteiger partial charge in [-0.1, -0.05) is 29.3 Å². The molecule has 1 saturated carbocycles. The number of likely N-dealkylation sites (tertiary alicyclic amines) is 1. The Morgan fingerprint density at radius 1 is 0.867 bits per heavy atom. The number of carbonyl (C=O) groups is 4. The van der Waals surface area contributed by atoms with Crippen molar-refractivity contribution in [3.05, 3.63) is 69.5 Å². The molecule has 3 fully saturated rings. The van der Waals surface area contributed by atoms with Crippen LogP contribution in [-0.4, -0.2) is 48.9 Å².